The molecule has 0 saturated heterocycles. The molecule has 0 aliphatic rings. The number of hydrogen-bond acceptors (Lipinski definition) is 8. The van der Waals surface area contributed by atoms with Crippen LogP contribution in [0.4, 0.5) is 11.8 Å². The minimum absolute atomic E-state index is 0.170. The monoisotopic (exact) mass is 343 g/mol. The number of H-pyrrole nitrogens is 1. The largest absolute Gasteiger partial charge is 0.491 e. The third kappa shape index (κ3) is 4.78. The molecule has 6 N–H and O–H groups in total. The molecule has 3 aromatic rings. The molecule has 25 heavy (non-hydrogen) atoms. The topological polar surface area (TPSA) is 134 Å². The third-order valence-electron chi connectivity index (χ3n) is 3.46. The van der Waals surface area contributed by atoms with Crippen LogP contribution >= 0.6 is 0 Å². The van der Waals surface area contributed by atoms with Gasteiger partial charge in [-0.25, -0.2) is 4.98 Å². The van der Waals surface area contributed by atoms with Gasteiger partial charge in [-0.3, -0.25) is 0 Å². The molecule has 1 aromatic carbocycles. The van der Waals surface area contributed by atoms with Gasteiger partial charge in [0.1, 0.15) is 24.0 Å². The van der Waals surface area contributed by atoms with Crippen molar-refractivity contribution in [3.05, 3.63) is 36.7 Å². The molecular weight excluding hydrogens is 322 g/mol. The summed E-state index contributed by atoms with van der Waals surface area (Å²) in [7, 11) is 0. The van der Waals surface area contributed by atoms with Crippen molar-refractivity contribution in [2.24, 2.45) is 0 Å². The number of ether oxygens (including phenoxy) is 1. The molecule has 0 fully saturated rings. The number of nitrogens with one attached hydrogen (secondary N) is 3. The lowest BCUT2D eigenvalue weighted by Gasteiger charge is -2.13. The van der Waals surface area contributed by atoms with Crippen LogP contribution in [-0.4, -0.2) is 57.4 Å². The van der Waals surface area contributed by atoms with E-state index in [1.54, 1.807) is 6.33 Å². The summed E-state index contributed by atoms with van der Waals surface area (Å²) in [6.45, 7) is 1.92. The first-order valence-corrected chi connectivity index (χ1v) is 7.99. The molecule has 2 heterocycles. The Morgan fingerprint density at radius 2 is 2.04 bits per heavy atom. The van der Waals surface area contributed by atoms with E-state index in [4.69, 9.17) is 10.5 Å². The summed E-state index contributed by atoms with van der Waals surface area (Å²) >= 11 is 0. The van der Waals surface area contributed by atoms with Gasteiger partial charge in [0.25, 0.3) is 0 Å². The highest BCUT2D eigenvalue weighted by molar-refractivity contribution is 5.83. The maximum absolute atomic E-state index is 9.92. The lowest BCUT2D eigenvalue weighted by Crippen LogP contribution is -2.34. The smallest absolute Gasteiger partial charge is 0.224 e. The van der Waals surface area contributed by atoms with Gasteiger partial charge in [-0.15, -0.1) is 0 Å². The maximum Gasteiger partial charge on any atom is 0.224 e. The molecule has 132 valence electrons. The zero-order valence-electron chi connectivity index (χ0n) is 13.6. The molecule has 0 radical (unpaired) electrons. The van der Waals surface area contributed by atoms with Crippen LogP contribution in [0.1, 0.15) is 0 Å². The minimum Gasteiger partial charge on any atom is -0.491 e. The van der Waals surface area contributed by atoms with Crippen molar-refractivity contribution < 1.29 is 9.84 Å². The van der Waals surface area contributed by atoms with E-state index in [9.17, 15) is 5.11 Å². The summed E-state index contributed by atoms with van der Waals surface area (Å²) in [4.78, 5) is 15.2. The lowest BCUT2D eigenvalue weighted by atomic mass is 10.3. The molecule has 0 saturated carbocycles. The van der Waals surface area contributed by atoms with Crippen LogP contribution in [-0.2, 0) is 0 Å². The summed E-state index contributed by atoms with van der Waals surface area (Å²) < 4.78 is 5.50. The quantitative estimate of drug-likeness (QED) is 0.352. The second-order valence-corrected chi connectivity index (χ2v) is 5.44. The fourth-order valence-electron chi connectivity index (χ4n) is 2.28. The Morgan fingerprint density at radius 3 is 2.88 bits per heavy atom. The number of anilines is 2. The Kier molecular flexibility index (Phi) is 5.60. The number of benzene rings is 1. The number of nitrogens with two attached hydrogens (primary N) is 1. The molecule has 0 spiro atoms. The highest BCUT2D eigenvalue weighted by Crippen LogP contribution is 2.16. The number of aromatic nitrogens is 4. The van der Waals surface area contributed by atoms with Crippen molar-refractivity contribution in [1.29, 1.82) is 0 Å². The molecule has 3 rings (SSSR count). The first kappa shape index (κ1) is 16.9. The number of imidazole rings is 1. The van der Waals surface area contributed by atoms with Crippen LogP contribution in [0.25, 0.3) is 11.2 Å². The molecular formula is C16H21N7O2. The Morgan fingerprint density at radius 1 is 1.20 bits per heavy atom. The minimum atomic E-state index is -0.589. The van der Waals surface area contributed by atoms with Crippen LogP contribution in [0.3, 0.4) is 0 Å². The van der Waals surface area contributed by atoms with Crippen molar-refractivity contribution in [3.63, 3.8) is 0 Å². The Hall–Kier alpha value is -2.91. The highest BCUT2D eigenvalue weighted by atomic mass is 16.5. The van der Waals surface area contributed by atoms with Crippen molar-refractivity contribution in [2.45, 2.75) is 6.10 Å². The zero-order chi connectivity index (χ0) is 17.5. The average molecular weight is 343 g/mol. The molecule has 0 bridgehead atoms. The average Bonchev–Trinajstić information content (AvgIpc) is 3.09. The van der Waals surface area contributed by atoms with E-state index in [0.29, 0.717) is 36.6 Å². The Labute approximate surface area is 144 Å². The number of aliphatic hydroxyl groups excluding tert-OH is 1. The first-order valence-electron chi connectivity index (χ1n) is 7.99. The van der Waals surface area contributed by atoms with Crippen LogP contribution in [0, 0.1) is 0 Å². The van der Waals surface area contributed by atoms with Crippen LogP contribution in [0.5, 0.6) is 5.75 Å². The number of rotatable bonds is 9. The van der Waals surface area contributed by atoms with Crippen LogP contribution < -0.4 is 21.1 Å². The molecule has 2 aromatic heterocycles. The van der Waals surface area contributed by atoms with Gasteiger partial charge in [-0.1, -0.05) is 18.2 Å². The Bertz CT molecular complexity index is 794. The summed E-state index contributed by atoms with van der Waals surface area (Å²) in [5.74, 6) is 1.52. The third-order valence-corrected chi connectivity index (χ3v) is 3.46. The van der Waals surface area contributed by atoms with Crippen molar-refractivity contribution >= 4 is 22.9 Å². The number of aliphatic hydroxyl groups is 1. The standard InChI is InChI=1S/C16H21N7O2/c17-16-22-14(13-15(23-16)21-10-20-13)19-7-6-18-8-11(24)9-25-12-4-2-1-3-5-12/h1-5,10-11,18,24H,6-9H2,(H4,17,19,20,21,22,23). The predicted molar refractivity (Wildman–Crippen MR) is 95.4 cm³/mol. The highest BCUT2D eigenvalue weighted by Gasteiger charge is 2.08. The van der Waals surface area contributed by atoms with Gasteiger partial charge in [-0.05, 0) is 12.1 Å². The van der Waals surface area contributed by atoms with Gasteiger partial charge in [-0.2, -0.15) is 9.97 Å². The normalized spacial score (nSPS) is 12.2. The van der Waals surface area contributed by atoms with Crippen molar-refractivity contribution in [3.8, 4) is 5.75 Å². The zero-order valence-corrected chi connectivity index (χ0v) is 13.6. The Balaban J connectivity index is 1.36. The predicted octanol–water partition coefficient (Wildman–Crippen LogP) is 0.377. The number of para-hydroxylation sites is 1. The van der Waals surface area contributed by atoms with Crippen LogP contribution in [0.2, 0.25) is 0 Å². The molecule has 9 heteroatoms. The first-order chi connectivity index (χ1) is 12.2. The van der Waals surface area contributed by atoms with E-state index < -0.39 is 6.10 Å². The van der Waals surface area contributed by atoms with Gasteiger partial charge >= 0.3 is 0 Å². The van der Waals surface area contributed by atoms with E-state index in [0.717, 1.165) is 5.75 Å². The molecule has 0 aliphatic carbocycles. The van der Waals surface area contributed by atoms with Gasteiger partial charge in [0, 0.05) is 19.6 Å². The fourth-order valence-corrected chi connectivity index (χ4v) is 2.28. The van der Waals surface area contributed by atoms with Crippen LogP contribution in [0.15, 0.2) is 36.7 Å². The molecule has 1 atom stereocenters. The van der Waals surface area contributed by atoms with Crippen molar-refractivity contribution in [1.82, 2.24) is 25.3 Å². The fraction of sp³-hybridized carbons (Fsp3) is 0.312. The van der Waals surface area contributed by atoms with Crippen molar-refractivity contribution in [2.75, 3.05) is 37.3 Å². The summed E-state index contributed by atoms with van der Waals surface area (Å²) in [6.07, 6.45) is 0.958. The van der Waals surface area contributed by atoms with Gasteiger partial charge < -0.3 is 31.2 Å². The van der Waals surface area contributed by atoms with Gasteiger partial charge in [0.05, 0.1) is 6.33 Å². The maximum atomic E-state index is 9.92. The lowest BCUT2D eigenvalue weighted by molar-refractivity contribution is 0.107. The SMILES string of the molecule is Nc1nc(NCCNCC(O)COc2ccccc2)c2[nH]cnc2n1. The summed E-state index contributed by atoms with van der Waals surface area (Å²) in [5.41, 5.74) is 6.89. The second-order valence-electron chi connectivity index (χ2n) is 5.44. The molecule has 0 amide bonds. The summed E-state index contributed by atoms with van der Waals surface area (Å²) in [5, 5.41) is 16.2. The second kappa shape index (κ2) is 8.27. The van der Waals surface area contributed by atoms with Gasteiger partial charge in [0.2, 0.25) is 5.95 Å². The molecule has 0 aliphatic heterocycles. The van der Waals surface area contributed by atoms with E-state index in [-0.39, 0.29) is 12.6 Å². The summed E-state index contributed by atoms with van der Waals surface area (Å²) in [6, 6.07) is 9.41. The number of aromatic amines is 1. The number of hydrogen-bond donors (Lipinski definition) is 5. The molecule has 1 unspecified atom stereocenters. The van der Waals surface area contributed by atoms with Gasteiger partial charge in [0.15, 0.2) is 11.5 Å². The van der Waals surface area contributed by atoms with E-state index in [2.05, 4.69) is 30.6 Å². The number of nitrogen functional groups attached to an aromatic ring is 1. The molecule has 9 nitrogen and oxygen atoms in total. The van der Waals surface area contributed by atoms with E-state index >= 15 is 0 Å². The number of nitrogens with zero attached hydrogens (tertiary/aromatic N) is 3. The van der Waals surface area contributed by atoms with E-state index in [1.165, 1.54) is 0 Å². The van der Waals surface area contributed by atoms with E-state index in [1.807, 2.05) is 30.3 Å². The number of fused-ring (bicyclic) bond motifs is 1.